The Kier molecular flexibility index (Phi) is 1.47. The van der Waals surface area contributed by atoms with Gasteiger partial charge >= 0.3 is 68.9 Å². The molecule has 1 N–H and O–H groups in total. The molecule has 0 bridgehead atoms. The zero-order valence-electron chi connectivity index (χ0n) is 6.45. The molecule has 2 rings (SSSR count). The number of aromatic amines is 1. The molecular weight excluding hydrogens is 151 g/mol. The van der Waals surface area contributed by atoms with E-state index in [9.17, 15) is 4.79 Å². The first-order chi connectivity index (χ1) is 5.83. The van der Waals surface area contributed by atoms with E-state index in [1.165, 1.54) is 10.7 Å². The van der Waals surface area contributed by atoms with Crippen LogP contribution in [0, 0.1) is 0 Å². The Morgan fingerprint density at radius 2 is 2.17 bits per heavy atom. The zero-order valence-corrected chi connectivity index (χ0v) is 6.45. The average molecular weight is 158 g/mol. The molecule has 0 saturated carbocycles. The van der Waals surface area contributed by atoms with Crippen LogP contribution in [0.1, 0.15) is 0 Å². The summed E-state index contributed by atoms with van der Waals surface area (Å²) in [7, 11) is 3.56. The van der Waals surface area contributed by atoms with Crippen LogP contribution in [0.15, 0.2) is 29.1 Å². The van der Waals surface area contributed by atoms with E-state index in [1.54, 1.807) is 0 Å². The van der Waals surface area contributed by atoms with Crippen LogP contribution in [0.5, 0.6) is 0 Å². The van der Waals surface area contributed by atoms with Gasteiger partial charge in [0.2, 0.25) is 0 Å². The fourth-order valence-corrected chi connectivity index (χ4v) is 1.26. The summed E-state index contributed by atoms with van der Waals surface area (Å²) >= 11 is 0. The molecule has 0 aliphatic rings. The van der Waals surface area contributed by atoms with Gasteiger partial charge in [-0.05, 0) is 0 Å². The van der Waals surface area contributed by atoms with Gasteiger partial charge in [0.05, 0.1) is 0 Å². The molecule has 0 spiro atoms. The van der Waals surface area contributed by atoms with Crippen molar-refractivity contribution in [3.05, 3.63) is 34.7 Å². The summed E-state index contributed by atoms with van der Waals surface area (Å²) in [5.74, 6) is 0. The summed E-state index contributed by atoms with van der Waals surface area (Å²) in [5.41, 5.74) is 1.55. The third kappa shape index (κ3) is 0.846. The number of rotatable bonds is 1. The minimum atomic E-state index is -0.147. The number of nitrogens with zero attached hydrogens (tertiary/aromatic N) is 1. The van der Waals surface area contributed by atoms with Gasteiger partial charge in [0.15, 0.2) is 0 Å². The average Bonchev–Trinajstić information content (AvgIpc) is 2.40. The van der Waals surface area contributed by atoms with Gasteiger partial charge in [-0.15, -0.1) is 0 Å². The summed E-state index contributed by atoms with van der Waals surface area (Å²) in [6, 6.07) is 7.49. The molecule has 0 amide bonds. The summed E-state index contributed by atoms with van der Waals surface area (Å²) in [5, 5.41) is 0. The second-order valence-corrected chi connectivity index (χ2v) is 2.50. The van der Waals surface area contributed by atoms with Crippen LogP contribution in [0.4, 0.5) is 0 Å². The normalized spacial score (nSPS) is 10.2. The molecule has 4 heteroatoms. The first-order valence-electron chi connectivity index (χ1n) is 3.65. The van der Waals surface area contributed by atoms with Crippen LogP contribution in [-0.2, 0) is 0 Å². The van der Waals surface area contributed by atoms with Crippen molar-refractivity contribution in [3.8, 4) is 0 Å². The van der Waals surface area contributed by atoms with Gasteiger partial charge in [-0.25, -0.2) is 0 Å². The molecule has 0 aliphatic heterocycles. The van der Waals surface area contributed by atoms with Crippen molar-refractivity contribution in [1.29, 1.82) is 0 Å². The van der Waals surface area contributed by atoms with Gasteiger partial charge in [0.1, 0.15) is 0 Å². The topological polar surface area (TPSA) is 37.8 Å². The van der Waals surface area contributed by atoms with E-state index in [-0.39, 0.29) is 5.69 Å². The summed E-state index contributed by atoms with van der Waals surface area (Å²) in [6.07, 6.45) is 1.50. The van der Waals surface area contributed by atoms with E-state index >= 15 is 0 Å². The van der Waals surface area contributed by atoms with E-state index in [4.69, 9.17) is 0 Å². The fourth-order valence-electron chi connectivity index (χ4n) is 1.26. The molecular formula is C8H7BN2O. The number of benzene rings is 1. The first kappa shape index (κ1) is 7.09. The molecule has 1 heterocycles. The summed E-state index contributed by atoms with van der Waals surface area (Å²) in [6.45, 7) is 0. The van der Waals surface area contributed by atoms with E-state index in [1.807, 2.05) is 24.3 Å². The first-order valence-corrected chi connectivity index (χ1v) is 3.65. The fraction of sp³-hybridized carbons (Fsp3) is 0. The van der Waals surface area contributed by atoms with Gasteiger partial charge in [0.25, 0.3) is 0 Å². The minimum absolute atomic E-state index is 0.147. The standard InChI is InChI=1S/C8H7BN2O/c9-5-11-7-4-2-1-3-6(7)10-8(11)12/h1-5,9H,(H,10,12). The van der Waals surface area contributed by atoms with Crippen molar-refractivity contribution >= 4 is 24.6 Å². The SMILES string of the molecule is B=Cn1c(=O)[nH]c2ccccc21. The Morgan fingerprint density at radius 3 is 2.92 bits per heavy atom. The van der Waals surface area contributed by atoms with Crippen LogP contribution in [0.3, 0.4) is 0 Å². The summed E-state index contributed by atoms with van der Waals surface area (Å²) in [4.78, 5) is 13.9. The van der Waals surface area contributed by atoms with Crippen molar-refractivity contribution in [3.63, 3.8) is 0 Å². The number of aromatic nitrogens is 2. The Labute approximate surface area is 69.7 Å². The number of H-pyrrole nitrogens is 1. The van der Waals surface area contributed by atoms with Crippen molar-refractivity contribution in [1.82, 2.24) is 9.55 Å². The Balaban J connectivity index is 3.00. The Hall–Kier alpha value is -1.58. The van der Waals surface area contributed by atoms with Gasteiger partial charge in [-0.1, -0.05) is 0 Å². The predicted molar refractivity (Wildman–Crippen MR) is 51.2 cm³/mol. The second kappa shape index (κ2) is 2.48. The van der Waals surface area contributed by atoms with Crippen molar-refractivity contribution in [2.75, 3.05) is 0 Å². The summed E-state index contributed by atoms with van der Waals surface area (Å²) < 4.78 is 1.48. The predicted octanol–water partition coefficient (Wildman–Crippen LogP) is -0.162. The third-order valence-corrected chi connectivity index (χ3v) is 1.81. The number of hydrogen-bond donors (Lipinski definition) is 1. The van der Waals surface area contributed by atoms with E-state index < -0.39 is 0 Å². The zero-order chi connectivity index (χ0) is 8.55. The molecule has 0 saturated heterocycles. The van der Waals surface area contributed by atoms with Crippen LogP contribution in [0.2, 0.25) is 0 Å². The molecule has 0 aliphatic carbocycles. The monoisotopic (exact) mass is 158 g/mol. The van der Waals surface area contributed by atoms with Crippen molar-refractivity contribution in [2.45, 2.75) is 0 Å². The molecule has 3 nitrogen and oxygen atoms in total. The van der Waals surface area contributed by atoms with Gasteiger partial charge in [-0.3, -0.25) is 0 Å². The number of imidazole rings is 1. The van der Waals surface area contributed by atoms with E-state index in [0.29, 0.717) is 0 Å². The molecule has 0 fully saturated rings. The second-order valence-electron chi connectivity index (χ2n) is 2.50. The quantitative estimate of drug-likeness (QED) is 0.575. The molecule has 1 aromatic heterocycles. The third-order valence-electron chi connectivity index (χ3n) is 1.81. The van der Waals surface area contributed by atoms with Crippen LogP contribution in [-0.4, -0.2) is 23.1 Å². The maximum absolute atomic E-state index is 11.2. The van der Waals surface area contributed by atoms with Gasteiger partial charge in [-0.2, -0.15) is 0 Å². The maximum atomic E-state index is 11.2. The van der Waals surface area contributed by atoms with Gasteiger partial charge in [0, 0.05) is 0 Å². The molecule has 0 radical (unpaired) electrons. The molecule has 0 unspecified atom stereocenters. The van der Waals surface area contributed by atoms with Crippen LogP contribution < -0.4 is 5.69 Å². The molecule has 12 heavy (non-hydrogen) atoms. The van der Waals surface area contributed by atoms with Crippen LogP contribution >= 0.6 is 0 Å². The number of hydrogen-bond acceptors (Lipinski definition) is 1. The number of fused-ring (bicyclic) bond motifs is 1. The molecule has 1 aromatic carbocycles. The Bertz CT molecular complexity index is 483. The molecule has 58 valence electrons. The molecule has 2 aromatic rings. The van der Waals surface area contributed by atoms with Crippen LogP contribution in [0.25, 0.3) is 11.0 Å². The van der Waals surface area contributed by atoms with E-state index in [0.717, 1.165) is 11.0 Å². The van der Waals surface area contributed by atoms with Crippen molar-refractivity contribution < 1.29 is 0 Å². The number of nitrogens with one attached hydrogen (secondary N) is 1. The van der Waals surface area contributed by atoms with E-state index in [2.05, 4.69) is 12.5 Å². The van der Waals surface area contributed by atoms with Gasteiger partial charge < -0.3 is 0 Å². The molecule has 0 atom stereocenters. The number of para-hydroxylation sites is 2. The Morgan fingerprint density at radius 1 is 1.42 bits per heavy atom. The van der Waals surface area contributed by atoms with Crippen molar-refractivity contribution in [2.24, 2.45) is 0 Å².